The van der Waals surface area contributed by atoms with Crippen LogP contribution in [0.25, 0.3) is 0 Å². The molecule has 6 atom stereocenters. The Morgan fingerprint density at radius 2 is 0.788 bits per heavy atom. The van der Waals surface area contributed by atoms with Gasteiger partial charge in [0.05, 0.1) is 45.1 Å². The van der Waals surface area contributed by atoms with Crippen molar-refractivity contribution in [3.63, 3.8) is 0 Å². The van der Waals surface area contributed by atoms with Crippen molar-refractivity contribution in [2.24, 2.45) is 11.8 Å². The van der Waals surface area contributed by atoms with Crippen molar-refractivity contribution in [1.82, 2.24) is 26.6 Å². The highest BCUT2D eigenvalue weighted by molar-refractivity contribution is 5.88. The lowest BCUT2D eigenvalue weighted by atomic mass is 9.89. The highest BCUT2D eigenvalue weighted by Gasteiger charge is 2.29. The van der Waals surface area contributed by atoms with E-state index < -0.39 is 102 Å². The van der Waals surface area contributed by atoms with Gasteiger partial charge >= 0.3 is 29.8 Å². The first-order valence-corrected chi connectivity index (χ1v) is 30.1. The van der Waals surface area contributed by atoms with Gasteiger partial charge in [-0.2, -0.15) is 0 Å². The molecule has 0 heterocycles. The number of ether oxygens (including phenoxy) is 4. The van der Waals surface area contributed by atoms with E-state index in [0.29, 0.717) is 32.1 Å². The number of carbonyl (C=O) groups excluding carboxylic acids is 7. The maximum absolute atomic E-state index is 12.6. The maximum Gasteiger partial charge on any atom is 0.326 e. The fourth-order valence-corrected chi connectivity index (χ4v) is 8.57. The highest BCUT2D eigenvalue weighted by atomic mass is 16.5. The van der Waals surface area contributed by atoms with Crippen LogP contribution in [0.15, 0.2) is 0 Å². The number of rotatable bonds is 59. The summed E-state index contributed by atoms with van der Waals surface area (Å²) in [6.07, 6.45) is 13.9. The molecule has 0 bridgehead atoms. The molecule has 0 radical (unpaired) electrons. The van der Waals surface area contributed by atoms with E-state index in [9.17, 15) is 83.1 Å². The lowest BCUT2D eigenvalue weighted by Gasteiger charge is -2.17. The van der Waals surface area contributed by atoms with Crippen molar-refractivity contribution < 1.29 is 110 Å². The van der Waals surface area contributed by atoms with Crippen LogP contribution in [0.4, 0.5) is 0 Å². The normalized spacial score (nSPS) is 13.3. The Kier molecular flexibility index (Phi) is 47.4. The van der Waals surface area contributed by atoms with E-state index >= 15 is 0 Å². The minimum Gasteiger partial charge on any atom is -0.481 e. The molecule has 5 amide bonds. The summed E-state index contributed by atoms with van der Waals surface area (Å²) in [5.41, 5.74) is 0. The summed E-state index contributed by atoms with van der Waals surface area (Å²) in [5.74, 6) is -10.9. The summed E-state index contributed by atoms with van der Waals surface area (Å²) >= 11 is 0. The van der Waals surface area contributed by atoms with Crippen LogP contribution in [-0.2, 0) is 76.5 Å². The molecule has 0 saturated heterocycles. The number of ketones is 2. The van der Waals surface area contributed by atoms with Gasteiger partial charge in [-0.25, -0.2) is 14.4 Å². The number of aliphatic hydroxyl groups is 1. The molecule has 27 nitrogen and oxygen atoms in total. The monoisotopic (exact) mass is 1220 g/mol. The third-order valence-electron chi connectivity index (χ3n) is 13.7. The second kappa shape index (κ2) is 51.1. The number of Topliss-reactive ketones (excluding diaryl/α,β-unsaturated/α-hetero) is 2. The molecule has 0 aromatic carbocycles. The third kappa shape index (κ3) is 46.8. The second-order valence-corrected chi connectivity index (χ2v) is 21.3. The largest absolute Gasteiger partial charge is 0.481 e. The van der Waals surface area contributed by atoms with Crippen molar-refractivity contribution in [2.45, 2.75) is 218 Å². The number of unbranched alkanes of at least 4 members (excludes halogenated alkanes) is 14. The summed E-state index contributed by atoms with van der Waals surface area (Å²) in [6, 6.07) is -4.09. The molecule has 0 aromatic heterocycles. The Morgan fingerprint density at radius 1 is 0.376 bits per heavy atom. The molecule has 11 N–H and O–H groups in total. The van der Waals surface area contributed by atoms with Gasteiger partial charge in [0.15, 0.2) is 5.78 Å². The van der Waals surface area contributed by atoms with E-state index in [2.05, 4.69) is 26.6 Å². The van der Waals surface area contributed by atoms with Gasteiger partial charge in [0.25, 0.3) is 0 Å². The average molecular weight is 1220 g/mol. The number of hydrogen-bond donors (Lipinski definition) is 11. The minimum absolute atomic E-state index is 0. The van der Waals surface area contributed by atoms with E-state index in [1.54, 1.807) is 6.92 Å². The summed E-state index contributed by atoms with van der Waals surface area (Å²) < 4.78 is 21.3. The minimum atomic E-state index is -1.42. The number of nitrogens with one attached hydrogen (secondary N) is 5. The van der Waals surface area contributed by atoms with Crippen molar-refractivity contribution in [3.8, 4) is 0 Å². The Labute approximate surface area is 501 Å². The van der Waals surface area contributed by atoms with Crippen LogP contribution in [0, 0.1) is 11.8 Å². The number of carbonyl (C=O) groups is 12. The molecule has 0 aliphatic carbocycles. The van der Waals surface area contributed by atoms with Gasteiger partial charge in [-0.3, -0.25) is 43.2 Å². The number of aliphatic hydroxyl groups excluding tert-OH is 1. The molecule has 0 saturated carbocycles. The van der Waals surface area contributed by atoms with Crippen LogP contribution in [0.2, 0.25) is 0 Å². The van der Waals surface area contributed by atoms with Gasteiger partial charge in [0.2, 0.25) is 29.5 Å². The molecular weight excluding hydrogens is 1120 g/mol. The molecule has 27 heteroatoms. The van der Waals surface area contributed by atoms with Gasteiger partial charge in [0.1, 0.15) is 37.1 Å². The van der Waals surface area contributed by atoms with E-state index in [-0.39, 0.29) is 138 Å². The topological polar surface area (TPSA) is 423 Å². The molecule has 0 rings (SSSR count). The first-order valence-electron chi connectivity index (χ1n) is 30.1. The Hall–Kier alpha value is -6.16. The Bertz CT molecular complexity index is 2000. The number of aliphatic carboxylic acids is 5. The predicted molar refractivity (Wildman–Crippen MR) is 311 cm³/mol. The summed E-state index contributed by atoms with van der Waals surface area (Å²) in [6.45, 7) is 3.35. The first kappa shape index (κ1) is 78.8. The zero-order valence-corrected chi connectivity index (χ0v) is 50.0. The quantitative estimate of drug-likeness (QED) is 0.0377. The van der Waals surface area contributed by atoms with Crippen LogP contribution in [-0.4, -0.2) is 192 Å². The third-order valence-corrected chi connectivity index (χ3v) is 13.7. The standard InChI is InChI=1S/C58H99N5O22.2H2/c1-41(48(66)38-44(42(2)64)55(74)75)20-17-18-30-59-49(67)27-25-47(58(80)81)63-53(71)40-85-37-34-82-32-19-21-43(65)39-84-36-35-83-33-31-60-50(68)28-24-45(56(76)77)62-52(70)29-26-46(57(78)79)61-51(69)22-15-13-11-9-7-5-3-4-6-8-10-12-14-16-23-54(72)73;;/h41-42,44-47,64H,3-40H2,1-2H3,(H,59,67)(H,60,68)(H,61,69)(H,62,70)(H,63,71)(H,72,73)(H,74,75)(H,76,77)(H,78,79)(H,80,81);2*1H/t41-,42+,44-,45-,46-,47-;;/m0../s1. The number of carboxylic acid groups (broad SMARTS) is 5. The summed E-state index contributed by atoms with van der Waals surface area (Å²) in [4.78, 5) is 143. The zero-order valence-electron chi connectivity index (χ0n) is 50.0. The molecule has 0 fully saturated rings. The van der Waals surface area contributed by atoms with Crippen molar-refractivity contribution in [2.75, 3.05) is 65.9 Å². The number of hydrogen-bond acceptors (Lipinski definition) is 17. The first-order chi connectivity index (χ1) is 40.5. The molecular formula is C58H103N5O22. The average Bonchev–Trinajstić information content (AvgIpc) is 3.59. The molecule has 0 aliphatic heterocycles. The van der Waals surface area contributed by atoms with Crippen molar-refractivity contribution in [1.29, 1.82) is 0 Å². The van der Waals surface area contributed by atoms with Crippen LogP contribution in [0.1, 0.15) is 196 Å². The predicted octanol–water partition coefficient (Wildman–Crippen LogP) is 4.35. The van der Waals surface area contributed by atoms with Gasteiger partial charge in [-0.15, -0.1) is 0 Å². The highest BCUT2D eigenvalue weighted by Crippen LogP contribution is 2.18. The van der Waals surface area contributed by atoms with E-state index in [1.165, 1.54) is 32.6 Å². The molecule has 0 spiro atoms. The molecule has 0 aromatic rings. The second-order valence-electron chi connectivity index (χ2n) is 21.3. The fourth-order valence-electron chi connectivity index (χ4n) is 8.57. The van der Waals surface area contributed by atoms with E-state index in [4.69, 9.17) is 24.1 Å². The van der Waals surface area contributed by atoms with Crippen molar-refractivity contribution >= 4 is 70.9 Å². The van der Waals surface area contributed by atoms with Crippen molar-refractivity contribution in [3.05, 3.63) is 0 Å². The zero-order chi connectivity index (χ0) is 63.6. The Balaban J connectivity index is -0.0000353. The van der Waals surface area contributed by atoms with E-state index in [1.807, 2.05) is 0 Å². The molecule has 492 valence electrons. The fraction of sp³-hybridized carbons (Fsp3) is 0.793. The lowest BCUT2D eigenvalue weighted by molar-refractivity contribution is -0.148. The van der Waals surface area contributed by atoms with Gasteiger partial charge < -0.3 is 76.2 Å². The van der Waals surface area contributed by atoms with Crippen LogP contribution in [0.3, 0.4) is 0 Å². The Morgan fingerprint density at radius 3 is 1.26 bits per heavy atom. The summed E-state index contributed by atoms with van der Waals surface area (Å²) in [5, 5.41) is 68.4. The van der Waals surface area contributed by atoms with Crippen LogP contribution >= 0.6 is 0 Å². The number of carboxylic acids is 5. The van der Waals surface area contributed by atoms with Crippen LogP contribution < -0.4 is 26.6 Å². The summed E-state index contributed by atoms with van der Waals surface area (Å²) in [7, 11) is 0. The lowest BCUT2D eigenvalue weighted by Crippen LogP contribution is -2.44. The SMILES string of the molecule is C[C@@H](CCCCNC(=O)CC[C@H](NC(=O)COCCOCCCC(=O)COCCOCCNC(=O)CC[C@H](NC(=O)CC[C@H](NC(=O)CCCCCCCCCCCCCCCCC(=O)O)C(=O)O)C(=O)O)C(=O)O)C(=O)C[C@H](C(=O)O)[C@@H](C)O.[HH].[HH]. The van der Waals surface area contributed by atoms with E-state index in [0.717, 1.165) is 57.8 Å². The van der Waals surface area contributed by atoms with Gasteiger partial charge in [0, 0.05) is 73.4 Å². The molecule has 85 heavy (non-hydrogen) atoms. The van der Waals surface area contributed by atoms with Gasteiger partial charge in [-0.05, 0) is 58.3 Å². The number of amides is 5. The molecule has 0 unspecified atom stereocenters. The molecule has 0 aliphatic rings. The van der Waals surface area contributed by atoms with Crippen LogP contribution in [0.5, 0.6) is 0 Å². The maximum atomic E-state index is 12.6. The smallest absolute Gasteiger partial charge is 0.326 e. The van der Waals surface area contributed by atoms with Gasteiger partial charge in [-0.1, -0.05) is 90.4 Å².